The van der Waals surface area contributed by atoms with Crippen LogP contribution in [0.25, 0.3) is 0 Å². The fraction of sp³-hybridized carbons (Fsp3) is 0.818. The van der Waals surface area contributed by atoms with Crippen molar-refractivity contribution in [1.82, 2.24) is 5.32 Å². The molecule has 3 nitrogen and oxygen atoms in total. The molecule has 1 fully saturated rings. The molecule has 0 spiro atoms. The minimum Gasteiger partial charge on any atom is -0.376 e. The van der Waals surface area contributed by atoms with Gasteiger partial charge in [-0.15, -0.1) is 0 Å². The average Bonchev–Trinajstić information content (AvgIpc) is 2.21. The quantitative estimate of drug-likeness (QED) is 0.722. The summed E-state index contributed by atoms with van der Waals surface area (Å²) in [5.41, 5.74) is 5.20. The normalized spacial score (nSPS) is 16.1. The van der Waals surface area contributed by atoms with Crippen molar-refractivity contribution in [2.45, 2.75) is 52.4 Å². The molecule has 0 bridgehead atoms. The lowest BCUT2D eigenvalue weighted by atomic mass is 9.87. The Morgan fingerprint density at radius 2 is 1.93 bits per heavy atom. The minimum atomic E-state index is -0.0283. The van der Waals surface area contributed by atoms with Crippen molar-refractivity contribution in [3.8, 4) is 0 Å². The van der Waals surface area contributed by atoms with Gasteiger partial charge in [0.25, 0.3) is 0 Å². The number of nitrogens with two attached hydrogens (primary N) is 1. The van der Waals surface area contributed by atoms with Crippen LogP contribution in [0.2, 0.25) is 0 Å². The third kappa shape index (κ3) is 7.31. The molecule has 0 unspecified atom stereocenters. The number of rotatable bonds is 2. The molecule has 15 heavy (non-hydrogen) atoms. The van der Waals surface area contributed by atoms with E-state index in [1.165, 1.54) is 32.1 Å². The maximum atomic E-state index is 11.2. The Labute approximate surface area is 101 Å². The number of hydrogen-bond donors (Lipinski definition) is 2. The fourth-order valence-electron chi connectivity index (χ4n) is 1.84. The lowest BCUT2D eigenvalue weighted by molar-refractivity contribution is -0.120. The first kappa shape index (κ1) is 14.4. The fourth-order valence-corrected chi connectivity index (χ4v) is 1.96. The predicted molar refractivity (Wildman–Crippen MR) is 71.7 cm³/mol. The standard InChI is InChI=1S/C9H16N2OS.C2H6.2H2/c10-9(13)11-8(12)6-7-4-2-1-3-5-7;1-2;;/h7H,1-6H2,(H3,10,11,12,13);1-2H3;2*1H. The second-order valence-corrected chi connectivity index (χ2v) is 4.06. The summed E-state index contributed by atoms with van der Waals surface area (Å²) in [6.07, 6.45) is 6.75. The number of amides is 1. The first-order valence-electron chi connectivity index (χ1n) is 5.78. The molecule has 0 radical (unpaired) electrons. The molecule has 0 atom stereocenters. The summed E-state index contributed by atoms with van der Waals surface area (Å²) in [4.78, 5) is 11.2. The first-order chi connectivity index (χ1) is 7.18. The maximum Gasteiger partial charge on any atom is 0.226 e. The van der Waals surface area contributed by atoms with Gasteiger partial charge in [0.1, 0.15) is 0 Å². The third-order valence-corrected chi connectivity index (χ3v) is 2.56. The zero-order chi connectivity index (χ0) is 11.7. The van der Waals surface area contributed by atoms with Crippen molar-refractivity contribution < 1.29 is 7.65 Å². The van der Waals surface area contributed by atoms with Gasteiger partial charge in [-0.2, -0.15) is 0 Å². The van der Waals surface area contributed by atoms with E-state index in [9.17, 15) is 4.79 Å². The second-order valence-electron chi connectivity index (χ2n) is 3.62. The molecule has 3 N–H and O–H groups in total. The number of nitrogens with one attached hydrogen (secondary N) is 1. The van der Waals surface area contributed by atoms with E-state index in [0.29, 0.717) is 12.3 Å². The smallest absolute Gasteiger partial charge is 0.226 e. The van der Waals surface area contributed by atoms with Crippen molar-refractivity contribution in [1.29, 1.82) is 0 Å². The van der Waals surface area contributed by atoms with Gasteiger partial charge >= 0.3 is 0 Å². The summed E-state index contributed by atoms with van der Waals surface area (Å²) in [5, 5.41) is 2.54. The minimum absolute atomic E-state index is 0. The van der Waals surface area contributed by atoms with Crippen molar-refractivity contribution in [2.24, 2.45) is 11.7 Å². The van der Waals surface area contributed by atoms with Gasteiger partial charge in [-0.05, 0) is 31.0 Å². The zero-order valence-electron chi connectivity index (χ0n) is 9.71. The molecule has 0 heterocycles. The number of hydrogen-bond acceptors (Lipinski definition) is 2. The highest BCUT2D eigenvalue weighted by atomic mass is 32.1. The van der Waals surface area contributed by atoms with E-state index in [0.717, 1.165) is 0 Å². The molecule has 1 saturated carbocycles. The maximum absolute atomic E-state index is 11.2. The lowest BCUT2D eigenvalue weighted by Gasteiger charge is -2.20. The lowest BCUT2D eigenvalue weighted by Crippen LogP contribution is -2.35. The van der Waals surface area contributed by atoms with Gasteiger partial charge in [0, 0.05) is 9.27 Å². The molecule has 1 aliphatic carbocycles. The highest BCUT2D eigenvalue weighted by Gasteiger charge is 2.16. The molecule has 1 aliphatic rings. The van der Waals surface area contributed by atoms with Crippen LogP contribution in [0.4, 0.5) is 0 Å². The molecule has 4 heteroatoms. The number of thiocarbonyl (C=S) groups is 1. The van der Waals surface area contributed by atoms with E-state index in [4.69, 9.17) is 5.73 Å². The van der Waals surface area contributed by atoms with Gasteiger partial charge in [-0.25, -0.2) is 0 Å². The molecule has 92 valence electrons. The molecule has 0 aromatic rings. The predicted octanol–water partition coefficient (Wildman–Crippen LogP) is 2.83. The monoisotopic (exact) mass is 234 g/mol. The average molecular weight is 234 g/mol. The molecule has 0 aromatic heterocycles. The third-order valence-electron chi connectivity index (χ3n) is 2.46. The van der Waals surface area contributed by atoms with Gasteiger partial charge in [0.2, 0.25) is 5.91 Å². The molecule has 1 rings (SSSR count). The van der Waals surface area contributed by atoms with Crippen LogP contribution in [-0.4, -0.2) is 11.0 Å². The SMILES string of the molecule is CC.NC(=S)NC(=O)CC1CCCCC1.[HH].[HH]. The molecule has 0 saturated heterocycles. The Kier molecular flexibility index (Phi) is 8.28. The molecule has 0 aliphatic heterocycles. The van der Waals surface area contributed by atoms with Gasteiger partial charge in [0.05, 0.1) is 0 Å². The summed E-state index contributed by atoms with van der Waals surface area (Å²) in [5.74, 6) is 0.516. The second kappa shape index (κ2) is 8.65. The van der Waals surface area contributed by atoms with Crippen LogP contribution in [0.1, 0.15) is 55.2 Å². The van der Waals surface area contributed by atoms with E-state index < -0.39 is 0 Å². The molecule has 1 amide bonds. The highest BCUT2D eigenvalue weighted by molar-refractivity contribution is 7.80. The van der Waals surface area contributed by atoms with E-state index in [1.807, 2.05) is 13.8 Å². The van der Waals surface area contributed by atoms with E-state index in [1.54, 1.807) is 0 Å². The van der Waals surface area contributed by atoms with Crippen LogP contribution in [0.15, 0.2) is 0 Å². The van der Waals surface area contributed by atoms with Gasteiger partial charge in [-0.3, -0.25) is 4.79 Å². The van der Waals surface area contributed by atoms with Crippen LogP contribution in [0.5, 0.6) is 0 Å². The molecular weight excluding hydrogens is 208 g/mol. The van der Waals surface area contributed by atoms with E-state index >= 15 is 0 Å². The van der Waals surface area contributed by atoms with E-state index in [2.05, 4.69) is 17.5 Å². The van der Waals surface area contributed by atoms with Crippen molar-refractivity contribution in [3.63, 3.8) is 0 Å². The summed E-state index contributed by atoms with van der Waals surface area (Å²) in [6.45, 7) is 4.00. The Balaban J connectivity index is -0.000000464. The molecular formula is C11H26N2OS. The van der Waals surface area contributed by atoms with Crippen molar-refractivity contribution in [3.05, 3.63) is 0 Å². The zero-order valence-corrected chi connectivity index (χ0v) is 10.5. The van der Waals surface area contributed by atoms with Crippen LogP contribution in [0, 0.1) is 5.92 Å². The topological polar surface area (TPSA) is 55.1 Å². The largest absolute Gasteiger partial charge is 0.376 e. The van der Waals surface area contributed by atoms with Gasteiger partial charge < -0.3 is 11.1 Å². The van der Waals surface area contributed by atoms with Gasteiger partial charge in [0.15, 0.2) is 5.11 Å². The van der Waals surface area contributed by atoms with E-state index in [-0.39, 0.29) is 13.9 Å². The van der Waals surface area contributed by atoms with Crippen LogP contribution < -0.4 is 11.1 Å². The Morgan fingerprint density at radius 1 is 1.40 bits per heavy atom. The summed E-state index contributed by atoms with van der Waals surface area (Å²) >= 11 is 4.59. The van der Waals surface area contributed by atoms with Crippen LogP contribution >= 0.6 is 12.2 Å². The Bertz CT molecular complexity index is 210. The van der Waals surface area contributed by atoms with Crippen molar-refractivity contribution >= 4 is 23.2 Å². The first-order valence-corrected chi connectivity index (χ1v) is 6.18. The highest BCUT2D eigenvalue weighted by Crippen LogP contribution is 2.25. The summed E-state index contributed by atoms with van der Waals surface area (Å²) in [7, 11) is 0. The Hall–Kier alpha value is -0.640. The molecule has 0 aromatic carbocycles. The summed E-state index contributed by atoms with van der Waals surface area (Å²) in [6, 6.07) is 0. The van der Waals surface area contributed by atoms with Gasteiger partial charge in [-0.1, -0.05) is 33.1 Å². The number of carbonyl (C=O) groups excluding carboxylic acids is 1. The Morgan fingerprint density at radius 3 is 2.40 bits per heavy atom. The van der Waals surface area contributed by atoms with Crippen LogP contribution in [0.3, 0.4) is 0 Å². The van der Waals surface area contributed by atoms with Crippen molar-refractivity contribution in [2.75, 3.05) is 0 Å². The summed E-state index contributed by atoms with van der Waals surface area (Å²) < 4.78 is 0. The van der Waals surface area contributed by atoms with Crippen LogP contribution in [-0.2, 0) is 4.79 Å². The number of carbonyl (C=O) groups is 1.